The number of hydrogen-bond acceptors (Lipinski definition) is 3. The van der Waals surface area contributed by atoms with E-state index in [-0.39, 0.29) is 18.3 Å². The van der Waals surface area contributed by atoms with Gasteiger partial charge in [0.15, 0.2) is 0 Å². The summed E-state index contributed by atoms with van der Waals surface area (Å²) in [7, 11) is -3.15. The summed E-state index contributed by atoms with van der Waals surface area (Å²) < 4.78 is 25.7. The lowest BCUT2D eigenvalue weighted by molar-refractivity contribution is 0.242. The van der Waals surface area contributed by atoms with Gasteiger partial charge in [-0.1, -0.05) is 13.8 Å². The molecule has 3 unspecified atom stereocenters. The van der Waals surface area contributed by atoms with Crippen molar-refractivity contribution in [2.24, 2.45) is 17.6 Å². The Morgan fingerprint density at radius 1 is 1.27 bits per heavy atom. The molecule has 1 rings (SSSR count). The Labute approximate surface area is 92.7 Å². The van der Waals surface area contributed by atoms with E-state index in [1.165, 1.54) is 0 Å². The zero-order valence-corrected chi connectivity index (χ0v) is 10.4. The van der Waals surface area contributed by atoms with Crippen molar-refractivity contribution in [1.29, 1.82) is 0 Å². The van der Waals surface area contributed by atoms with E-state index in [2.05, 4.69) is 18.6 Å². The molecule has 0 aromatic rings. The van der Waals surface area contributed by atoms with Gasteiger partial charge in [0, 0.05) is 12.6 Å². The normalized spacial score (nSPS) is 32.9. The predicted molar refractivity (Wildman–Crippen MR) is 61.9 cm³/mol. The van der Waals surface area contributed by atoms with Crippen molar-refractivity contribution >= 4 is 10.0 Å². The predicted octanol–water partition coefficient (Wildman–Crippen LogP) is 0.689. The molecular weight excluding hydrogens is 212 g/mol. The van der Waals surface area contributed by atoms with Crippen LogP contribution in [0.3, 0.4) is 0 Å². The Morgan fingerprint density at radius 3 is 2.47 bits per heavy atom. The molecule has 3 N–H and O–H groups in total. The lowest BCUT2D eigenvalue weighted by atomic mass is 9.79. The maximum absolute atomic E-state index is 11.5. The third kappa shape index (κ3) is 4.09. The van der Waals surface area contributed by atoms with E-state index in [9.17, 15) is 8.42 Å². The van der Waals surface area contributed by atoms with Crippen molar-refractivity contribution in [2.45, 2.75) is 39.2 Å². The van der Waals surface area contributed by atoms with Crippen molar-refractivity contribution < 1.29 is 8.42 Å². The number of sulfonamides is 1. The van der Waals surface area contributed by atoms with Crippen molar-refractivity contribution in [2.75, 3.05) is 12.3 Å². The molecule has 0 radical (unpaired) electrons. The molecule has 0 aliphatic heterocycles. The molecule has 0 bridgehead atoms. The maximum atomic E-state index is 11.5. The van der Waals surface area contributed by atoms with Gasteiger partial charge < -0.3 is 5.73 Å². The summed E-state index contributed by atoms with van der Waals surface area (Å²) in [5.41, 5.74) is 5.25. The van der Waals surface area contributed by atoms with Gasteiger partial charge in [0.1, 0.15) is 0 Å². The first-order chi connectivity index (χ1) is 6.94. The van der Waals surface area contributed by atoms with E-state index in [1.807, 2.05) is 0 Å². The lowest BCUT2D eigenvalue weighted by Crippen LogP contribution is -2.41. The maximum Gasteiger partial charge on any atom is 0.213 e. The van der Waals surface area contributed by atoms with E-state index in [0.29, 0.717) is 11.8 Å². The second-order valence-corrected chi connectivity index (χ2v) is 6.56. The Hall–Kier alpha value is -0.130. The molecule has 0 saturated heterocycles. The number of nitrogens with two attached hydrogens (primary N) is 1. The van der Waals surface area contributed by atoms with Gasteiger partial charge in [-0.05, 0) is 31.1 Å². The number of hydrogen-bond donors (Lipinski definition) is 2. The molecular formula is C10H22N2O2S. The molecule has 3 atom stereocenters. The molecule has 15 heavy (non-hydrogen) atoms. The molecule has 1 fully saturated rings. The summed E-state index contributed by atoms with van der Waals surface area (Å²) in [6.45, 7) is 4.61. The minimum absolute atomic E-state index is 0.0352. The van der Waals surface area contributed by atoms with Gasteiger partial charge in [0.2, 0.25) is 10.0 Å². The quantitative estimate of drug-likeness (QED) is 0.751. The fourth-order valence-electron chi connectivity index (χ4n) is 2.12. The van der Waals surface area contributed by atoms with Gasteiger partial charge in [-0.25, -0.2) is 13.1 Å². The van der Waals surface area contributed by atoms with Gasteiger partial charge in [-0.15, -0.1) is 0 Å². The van der Waals surface area contributed by atoms with Crippen LogP contribution in [0.1, 0.15) is 33.1 Å². The van der Waals surface area contributed by atoms with Gasteiger partial charge in [0.25, 0.3) is 0 Å². The molecule has 1 saturated carbocycles. The average Bonchev–Trinajstić information content (AvgIpc) is 2.10. The summed E-state index contributed by atoms with van der Waals surface area (Å²) in [5, 5.41) is 0. The molecule has 0 heterocycles. The molecule has 0 spiro atoms. The SMILES string of the molecule is CC1CCC(NS(=O)(=O)CCN)CC1C. The van der Waals surface area contributed by atoms with E-state index in [1.54, 1.807) is 0 Å². The highest BCUT2D eigenvalue weighted by Gasteiger charge is 2.27. The summed E-state index contributed by atoms with van der Waals surface area (Å²) in [4.78, 5) is 0. The van der Waals surface area contributed by atoms with Crippen LogP contribution in [0.15, 0.2) is 0 Å². The molecule has 0 aromatic carbocycles. The van der Waals surface area contributed by atoms with Crippen LogP contribution in [-0.4, -0.2) is 26.8 Å². The first-order valence-electron chi connectivity index (χ1n) is 5.64. The third-order valence-corrected chi connectivity index (χ3v) is 4.80. The average molecular weight is 234 g/mol. The zero-order valence-electron chi connectivity index (χ0n) is 9.57. The topological polar surface area (TPSA) is 72.2 Å². The molecule has 90 valence electrons. The van der Waals surface area contributed by atoms with Gasteiger partial charge in [-0.3, -0.25) is 0 Å². The molecule has 5 heteroatoms. The largest absolute Gasteiger partial charge is 0.329 e. The van der Waals surface area contributed by atoms with Crippen LogP contribution in [-0.2, 0) is 10.0 Å². The fraction of sp³-hybridized carbons (Fsp3) is 1.00. The Morgan fingerprint density at radius 2 is 1.93 bits per heavy atom. The van der Waals surface area contributed by atoms with E-state index in [0.717, 1.165) is 19.3 Å². The molecule has 1 aliphatic rings. The van der Waals surface area contributed by atoms with Crippen LogP contribution < -0.4 is 10.5 Å². The summed E-state index contributed by atoms with van der Waals surface area (Å²) in [5.74, 6) is 1.34. The first kappa shape index (κ1) is 12.9. The molecule has 0 amide bonds. The summed E-state index contributed by atoms with van der Waals surface area (Å²) >= 11 is 0. The summed E-state index contributed by atoms with van der Waals surface area (Å²) in [6, 6.07) is 0.118. The van der Waals surface area contributed by atoms with Crippen LogP contribution >= 0.6 is 0 Å². The highest BCUT2D eigenvalue weighted by molar-refractivity contribution is 7.89. The van der Waals surface area contributed by atoms with E-state index >= 15 is 0 Å². The Bertz CT molecular complexity index is 290. The van der Waals surface area contributed by atoms with Crippen LogP contribution in [0.4, 0.5) is 0 Å². The second kappa shape index (κ2) is 5.27. The monoisotopic (exact) mass is 234 g/mol. The third-order valence-electron chi connectivity index (χ3n) is 3.33. The highest BCUT2D eigenvalue weighted by atomic mass is 32.2. The van der Waals surface area contributed by atoms with Crippen LogP contribution in [0, 0.1) is 11.8 Å². The van der Waals surface area contributed by atoms with Crippen molar-refractivity contribution in [3.05, 3.63) is 0 Å². The number of rotatable bonds is 4. The second-order valence-electron chi connectivity index (χ2n) is 4.69. The van der Waals surface area contributed by atoms with Crippen molar-refractivity contribution in [3.8, 4) is 0 Å². The standard InChI is InChI=1S/C10H22N2O2S/c1-8-3-4-10(7-9(8)2)12-15(13,14)6-5-11/h8-10,12H,3-7,11H2,1-2H3. The smallest absolute Gasteiger partial charge is 0.213 e. The highest BCUT2D eigenvalue weighted by Crippen LogP contribution is 2.29. The zero-order chi connectivity index (χ0) is 11.5. The van der Waals surface area contributed by atoms with Crippen LogP contribution in [0.2, 0.25) is 0 Å². The fourth-order valence-corrected chi connectivity index (χ4v) is 3.27. The minimum atomic E-state index is -3.15. The van der Waals surface area contributed by atoms with Crippen molar-refractivity contribution in [1.82, 2.24) is 4.72 Å². The van der Waals surface area contributed by atoms with Crippen molar-refractivity contribution in [3.63, 3.8) is 0 Å². The molecule has 1 aliphatic carbocycles. The summed E-state index contributed by atoms with van der Waals surface area (Å²) in [6.07, 6.45) is 3.01. The van der Waals surface area contributed by atoms with E-state index in [4.69, 9.17) is 5.73 Å². The molecule has 4 nitrogen and oxygen atoms in total. The van der Waals surface area contributed by atoms with Gasteiger partial charge in [0.05, 0.1) is 5.75 Å². The van der Waals surface area contributed by atoms with Crippen LogP contribution in [0.5, 0.6) is 0 Å². The van der Waals surface area contributed by atoms with Gasteiger partial charge in [-0.2, -0.15) is 0 Å². The Kier molecular flexibility index (Phi) is 4.55. The van der Waals surface area contributed by atoms with Crippen LogP contribution in [0.25, 0.3) is 0 Å². The minimum Gasteiger partial charge on any atom is -0.329 e. The number of nitrogens with one attached hydrogen (secondary N) is 1. The lowest BCUT2D eigenvalue weighted by Gasteiger charge is -2.32. The van der Waals surface area contributed by atoms with Gasteiger partial charge >= 0.3 is 0 Å². The Balaban J connectivity index is 2.46. The van der Waals surface area contributed by atoms with E-state index < -0.39 is 10.0 Å². The first-order valence-corrected chi connectivity index (χ1v) is 7.30. The molecule has 0 aromatic heterocycles.